The first-order valence-corrected chi connectivity index (χ1v) is 8.28. The van der Waals surface area contributed by atoms with Crippen LogP contribution in [0.4, 0.5) is 0 Å². The van der Waals surface area contributed by atoms with Gasteiger partial charge in [-0.05, 0) is 19.1 Å². The first-order valence-electron chi connectivity index (χ1n) is 8.28. The van der Waals surface area contributed by atoms with Crippen LogP contribution >= 0.6 is 24.0 Å². The zero-order valence-corrected chi connectivity index (χ0v) is 16.9. The minimum absolute atomic E-state index is 0. The SMILES string of the molecule is CCNC(=NCc1cc(-c2ccccc2)on1)NCc1ccccn1.I. The molecule has 0 fully saturated rings. The van der Waals surface area contributed by atoms with Crippen molar-refractivity contribution < 1.29 is 4.52 Å². The normalized spacial score (nSPS) is 10.9. The summed E-state index contributed by atoms with van der Waals surface area (Å²) < 4.78 is 5.40. The van der Waals surface area contributed by atoms with Gasteiger partial charge >= 0.3 is 0 Å². The van der Waals surface area contributed by atoms with E-state index in [9.17, 15) is 0 Å². The Morgan fingerprint density at radius 1 is 1.04 bits per heavy atom. The topological polar surface area (TPSA) is 75.3 Å². The first-order chi connectivity index (χ1) is 12.3. The molecular formula is C19H22IN5O. The summed E-state index contributed by atoms with van der Waals surface area (Å²) in [5, 5.41) is 10.6. The Bertz CT molecular complexity index is 805. The molecule has 0 bridgehead atoms. The number of nitrogens with zero attached hydrogens (tertiary/aromatic N) is 3. The molecule has 136 valence electrons. The molecule has 0 aliphatic rings. The zero-order valence-electron chi connectivity index (χ0n) is 14.6. The van der Waals surface area contributed by atoms with Gasteiger partial charge in [-0.25, -0.2) is 4.99 Å². The Morgan fingerprint density at radius 3 is 2.58 bits per heavy atom. The molecule has 7 heteroatoms. The number of halogens is 1. The van der Waals surface area contributed by atoms with Crippen molar-refractivity contribution >= 4 is 29.9 Å². The molecule has 3 aromatic rings. The Kier molecular flexibility index (Phi) is 8.07. The molecule has 0 radical (unpaired) electrons. The summed E-state index contributed by atoms with van der Waals surface area (Å²) in [5.41, 5.74) is 2.75. The van der Waals surface area contributed by atoms with E-state index in [-0.39, 0.29) is 24.0 Å². The molecule has 0 amide bonds. The van der Waals surface area contributed by atoms with E-state index in [1.54, 1.807) is 6.20 Å². The van der Waals surface area contributed by atoms with Gasteiger partial charge in [-0.3, -0.25) is 4.98 Å². The predicted octanol–water partition coefficient (Wildman–Crippen LogP) is 3.61. The number of rotatable bonds is 6. The number of hydrogen-bond donors (Lipinski definition) is 2. The maximum Gasteiger partial charge on any atom is 0.191 e. The van der Waals surface area contributed by atoms with E-state index in [1.165, 1.54) is 0 Å². The molecule has 0 saturated heterocycles. The second-order valence-corrected chi connectivity index (χ2v) is 5.42. The van der Waals surface area contributed by atoms with Crippen LogP contribution < -0.4 is 10.6 Å². The Labute approximate surface area is 170 Å². The van der Waals surface area contributed by atoms with Gasteiger partial charge < -0.3 is 15.2 Å². The maximum absolute atomic E-state index is 5.40. The van der Waals surface area contributed by atoms with Crippen LogP contribution in [-0.2, 0) is 13.1 Å². The van der Waals surface area contributed by atoms with Gasteiger partial charge in [0.15, 0.2) is 11.7 Å². The van der Waals surface area contributed by atoms with Gasteiger partial charge in [0.1, 0.15) is 5.69 Å². The number of guanidine groups is 1. The smallest absolute Gasteiger partial charge is 0.191 e. The van der Waals surface area contributed by atoms with Crippen LogP contribution in [-0.4, -0.2) is 22.6 Å². The van der Waals surface area contributed by atoms with Crippen LogP contribution in [0.15, 0.2) is 70.3 Å². The predicted molar refractivity (Wildman–Crippen MR) is 113 cm³/mol. The highest BCUT2D eigenvalue weighted by atomic mass is 127. The fourth-order valence-electron chi connectivity index (χ4n) is 2.30. The highest BCUT2D eigenvalue weighted by Gasteiger charge is 2.06. The molecule has 1 aromatic carbocycles. The van der Waals surface area contributed by atoms with Crippen molar-refractivity contribution in [3.63, 3.8) is 0 Å². The molecule has 0 aliphatic carbocycles. The Morgan fingerprint density at radius 2 is 1.85 bits per heavy atom. The minimum Gasteiger partial charge on any atom is -0.357 e. The number of nitrogens with one attached hydrogen (secondary N) is 2. The monoisotopic (exact) mass is 463 g/mol. The number of hydrogen-bond acceptors (Lipinski definition) is 4. The van der Waals surface area contributed by atoms with E-state index in [0.29, 0.717) is 13.1 Å². The molecule has 2 heterocycles. The molecule has 0 atom stereocenters. The third-order valence-corrected chi connectivity index (χ3v) is 3.52. The third-order valence-electron chi connectivity index (χ3n) is 3.52. The summed E-state index contributed by atoms with van der Waals surface area (Å²) >= 11 is 0. The molecule has 2 aromatic heterocycles. The average Bonchev–Trinajstić information content (AvgIpc) is 3.15. The molecule has 6 nitrogen and oxygen atoms in total. The van der Waals surface area contributed by atoms with E-state index < -0.39 is 0 Å². The molecule has 0 aliphatic heterocycles. The van der Waals surface area contributed by atoms with E-state index >= 15 is 0 Å². The molecule has 3 rings (SSSR count). The molecule has 0 saturated carbocycles. The van der Waals surface area contributed by atoms with Crippen molar-refractivity contribution in [2.75, 3.05) is 6.54 Å². The van der Waals surface area contributed by atoms with Gasteiger partial charge in [-0.2, -0.15) is 0 Å². The lowest BCUT2D eigenvalue weighted by molar-refractivity contribution is 0.424. The second-order valence-electron chi connectivity index (χ2n) is 5.42. The van der Waals surface area contributed by atoms with Crippen molar-refractivity contribution in [2.45, 2.75) is 20.0 Å². The number of aromatic nitrogens is 2. The number of pyridine rings is 1. The van der Waals surface area contributed by atoms with Gasteiger partial charge in [0, 0.05) is 24.4 Å². The lowest BCUT2D eigenvalue weighted by atomic mass is 10.2. The van der Waals surface area contributed by atoms with Crippen molar-refractivity contribution in [3.8, 4) is 11.3 Å². The van der Waals surface area contributed by atoms with Crippen molar-refractivity contribution in [1.82, 2.24) is 20.8 Å². The van der Waals surface area contributed by atoms with Gasteiger partial charge in [-0.1, -0.05) is 41.6 Å². The maximum atomic E-state index is 5.40. The summed E-state index contributed by atoms with van der Waals surface area (Å²) in [6, 6.07) is 17.7. The average molecular weight is 463 g/mol. The van der Waals surface area contributed by atoms with Gasteiger partial charge in [-0.15, -0.1) is 24.0 Å². The van der Waals surface area contributed by atoms with E-state index in [2.05, 4.69) is 25.8 Å². The second kappa shape index (κ2) is 10.5. The van der Waals surface area contributed by atoms with Gasteiger partial charge in [0.2, 0.25) is 0 Å². The molecule has 2 N–H and O–H groups in total. The third kappa shape index (κ3) is 5.83. The van der Waals surface area contributed by atoms with E-state index in [1.807, 2.05) is 61.5 Å². The summed E-state index contributed by atoms with van der Waals surface area (Å²) in [6.07, 6.45) is 1.78. The van der Waals surface area contributed by atoms with Crippen molar-refractivity contribution in [1.29, 1.82) is 0 Å². The highest BCUT2D eigenvalue weighted by molar-refractivity contribution is 14.0. The lowest BCUT2D eigenvalue weighted by Crippen LogP contribution is -2.37. The fourth-order valence-corrected chi connectivity index (χ4v) is 2.30. The molecule has 0 unspecified atom stereocenters. The van der Waals surface area contributed by atoms with Crippen LogP contribution in [0.1, 0.15) is 18.3 Å². The van der Waals surface area contributed by atoms with Crippen LogP contribution in [0.3, 0.4) is 0 Å². The molecule has 26 heavy (non-hydrogen) atoms. The summed E-state index contributed by atoms with van der Waals surface area (Å²) in [7, 11) is 0. The summed E-state index contributed by atoms with van der Waals surface area (Å²) in [5.74, 6) is 1.47. The van der Waals surface area contributed by atoms with Crippen LogP contribution in [0, 0.1) is 0 Å². The zero-order chi connectivity index (χ0) is 17.3. The largest absolute Gasteiger partial charge is 0.357 e. The molecular weight excluding hydrogens is 441 g/mol. The quantitative estimate of drug-likeness (QED) is 0.332. The summed E-state index contributed by atoms with van der Waals surface area (Å²) in [4.78, 5) is 8.84. The fraction of sp³-hybridized carbons (Fsp3) is 0.211. The summed E-state index contributed by atoms with van der Waals surface area (Å²) in [6.45, 7) is 3.86. The first kappa shape index (κ1) is 19.9. The number of aliphatic imine (C=N–C) groups is 1. The Hall–Kier alpha value is -2.42. The van der Waals surface area contributed by atoms with Crippen LogP contribution in [0.5, 0.6) is 0 Å². The molecule has 0 spiro atoms. The van der Waals surface area contributed by atoms with Gasteiger partial charge in [0.05, 0.1) is 18.8 Å². The van der Waals surface area contributed by atoms with Crippen LogP contribution in [0.2, 0.25) is 0 Å². The standard InChI is InChI=1S/C19H21N5O.HI/c1-2-20-19(22-13-16-10-6-7-11-21-16)23-14-17-12-18(25-24-17)15-8-4-3-5-9-15;/h3-12H,2,13-14H2,1H3,(H2,20,22,23);1H. The van der Waals surface area contributed by atoms with Crippen molar-refractivity contribution in [3.05, 3.63) is 72.2 Å². The number of benzene rings is 1. The van der Waals surface area contributed by atoms with Crippen molar-refractivity contribution in [2.24, 2.45) is 4.99 Å². The van der Waals surface area contributed by atoms with E-state index in [0.717, 1.165) is 35.2 Å². The van der Waals surface area contributed by atoms with Crippen LogP contribution in [0.25, 0.3) is 11.3 Å². The van der Waals surface area contributed by atoms with E-state index in [4.69, 9.17) is 4.52 Å². The Balaban J connectivity index is 0.00000243. The minimum atomic E-state index is 0. The lowest BCUT2D eigenvalue weighted by Gasteiger charge is -2.10. The van der Waals surface area contributed by atoms with Gasteiger partial charge in [0.25, 0.3) is 0 Å². The highest BCUT2D eigenvalue weighted by Crippen LogP contribution is 2.19.